The molecule has 2 N–H and O–H groups in total. The van der Waals surface area contributed by atoms with E-state index in [0.29, 0.717) is 11.6 Å². The third-order valence-corrected chi connectivity index (χ3v) is 2.43. The molecule has 0 radical (unpaired) electrons. The molecule has 0 amide bonds. The number of methoxy groups -OCH3 is 1. The minimum Gasteiger partial charge on any atom is -0.495 e. The number of furan rings is 1. The van der Waals surface area contributed by atoms with Crippen LogP contribution in [-0.2, 0) is 0 Å². The quantitative estimate of drug-likeness (QED) is 0.868. The van der Waals surface area contributed by atoms with Gasteiger partial charge >= 0.3 is 5.97 Å². The first-order chi connectivity index (χ1) is 8.60. The van der Waals surface area contributed by atoms with E-state index in [0.717, 1.165) is 11.3 Å². The summed E-state index contributed by atoms with van der Waals surface area (Å²) >= 11 is 0. The Bertz CT molecular complexity index is 574. The Morgan fingerprint density at radius 3 is 2.72 bits per heavy atom. The molecule has 1 heterocycles. The Hall–Kier alpha value is -2.43. The van der Waals surface area contributed by atoms with E-state index >= 15 is 0 Å². The van der Waals surface area contributed by atoms with Gasteiger partial charge in [-0.15, -0.1) is 0 Å². The van der Waals surface area contributed by atoms with Crippen LogP contribution in [0.4, 0.5) is 11.6 Å². The van der Waals surface area contributed by atoms with Gasteiger partial charge in [-0.05, 0) is 30.7 Å². The lowest BCUT2D eigenvalue weighted by Crippen LogP contribution is -1.95. The minimum absolute atomic E-state index is 0.107. The molecule has 1 aromatic carbocycles. The Kier molecular flexibility index (Phi) is 3.23. The summed E-state index contributed by atoms with van der Waals surface area (Å²) in [6.45, 7) is 1.95. The predicted molar refractivity (Wildman–Crippen MR) is 66.7 cm³/mol. The van der Waals surface area contributed by atoms with Gasteiger partial charge < -0.3 is 19.6 Å². The van der Waals surface area contributed by atoms with Crippen LogP contribution < -0.4 is 10.1 Å². The van der Waals surface area contributed by atoms with Gasteiger partial charge in [-0.25, -0.2) is 4.79 Å². The lowest BCUT2D eigenvalue weighted by molar-refractivity contribution is 0.0663. The second-order valence-electron chi connectivity index (χ2n) is 3.80. The summed E-state index contributed by atoms with van der Waals surface area (Å²) < 4.78 is 10.3. The van der Waals surface area contributed by atoms with Gasteiger partial charge in [0.25, 0.3) is 0 Å². The number of carbonyl (C=O) groups is 1. The van der Waals surface area contributed by atoms with Crippen LogP contribution in [0.1, 0.15) is 16.1 Å². The molecule has 0 saturated carbocycles. The Balaban J connectivity index is 2.27. The number of benzene rings is 1. The zero-order valence-electron chi connectivity index (χ0n) is 10.1. The second-order valence-corrected chi connectivity index (χ2v) is 3.80. The first-order valence-corrected chi connectivity index (χ1v) is 5.35. The number of anilines is 2. The minimum atomic E-state index is -1.10. The Labute approximate surface area is 104 Å². The fraction of sp³-hybridized carbons (Fsp3) is 0.154. The number of carboxylic acids is 1. The normalized spacial score (nSPS) is 10.1. The molecule has 2 aromatic rings. The summed E-state index contributed by atoms with van der Waals surface area (Å²) in [4.78, 5) is 10.7. The van der Waals surface area contributed by atoms with Crippen molar-refractivity contribution in [1.29, 1.82) is 0 Å². The van der Waals surface area contributed by atoms with Crippen molar-refractivity contribution in [1.82, 2.24) is 0 Å². The summed E-state index contributed by atoms with van der Waals surface area (Å²) in [5.41, 5.74) is 1.78. The van der Waals surface area contributed by atoms with Crippen LogP contribution in [-0.4, -0.2) is 18.2 Å². The molecule has 0 fully saturated rings. The van der Waals surface area contributed by atoms with Gasteiger partial charge in [0.15, 0.2) is 5.88 Å². The van der Waals surface area contributed by atoms with Gasteiger partial charge in [0, 0.05) is 6.07 Å². The number of hydrogen-bond acceptors (Lipinski definition) is 4. The third kappa shape index (κ3) is 2.45. The second kappa shape index (κ2) is 4.83. The smallest absolute Gasteiger partial charge is 0.371 e. The van der Waals surface area contributed by atoms with E-state index in [1.54, 1.807) is 13.2 Å². The van der Waals surface area contributed by atoms with Crippen molar-refractivity contribution in [3.63, 3.8) is 0 Å². The molecule has 0 saturated heterocycles. The van der Waals surface area contributed by atoms with Crippen molar-refractivity contribution in [2.24, 2.45) is 0 Å². The number of aryl methyl sites for hydroxylation is 1. The van der Waals surface area contributed by atoms with E-state index in [1.165, 1.54) is 6.07 Å². The van der Waals surface area contributed by atoms with Crippen LogP contribution in [0.15, 0.2) is 34.7 Å². The summed E-state index contributed by atoms with van der Waals surface area (Å²) in [5, 5.41) is 11.7. The van der Waals surface area contributed by atoms with Crippen LogP contribution in [0.3, 0.4) is 0 Å². The predicted octanol–water partition coefficient (Wildman–Crippen LogP) is 3.04. The topological polar surface area (TPSA) is 71.7 Å². The molecular formula is C13H13NO4. The van der Waals surface area contributed by atoms with E-state index in [4.69, 9.17) is 14.3 Å². The molecule has 0 aliphatic rings. The molecule has 5 nitrogen and oxygen atoms in total. The number of ether oxygens (including phenoxy) is 1. The molecule has 0 bridgehead atoms. The first-order valence-electron chi connectivity index (χ1n) is 5.35. The van der Waals surface area contributed by atoms with E-state index in [9.17, 15) is 4.79 Å². The molecule has 1 aromatic heterocycles. The number of nitrogens with one attached hydrogen (secondary N) is 1. The fourth-order valence-corrected chi connectivity index (χ4v) is 1.57. The van der Waals surface area contributed by atoms with Gasteiger partial charge in [0.2, 0.25) is 5.76 Å². The number of hydrogen-bond donors (Lipinski definition) is 2. The number of carboxylic acid groups (broad SMARTS) is 1. The van der Waals surface area contributed by atoms with Crippen LogP contribution >= 0.6 is 0 Å². The van der Waals surface area contributed by atoms with Gasteiger partial charge in [0.1, 0.15) is 5.75 Å². The average molecular weight is 247 g/mol. The lowest BCUT2D eigenvalue weighted by Gasteiger charge is -2.09. The van der Waals surface area contributed by atoms with E-state index in [1.807, 2.05) is 25.1 Å². The maximum absolute atomic E-state index is 10.7. The average Bonchev–Trinajstić information content (AvgIpc) is 2.78. The van der Waals surface area contributed by atoms with Crippen molar-refractivity contribution in [2.75, 3.05) is 12.4 Å². The SMILES string of the molecule is COc1ccc(C)cc1Nc1ccc(C(=O)O)o1. The molecule has 18 heavy (non-hydrogen) atoms. The third-order valence-electron chi connectivity index (χ3n) is 2.43. The summed E-state index contributed by atoms with van der Waals surface area (Å²) in [6, 6.07) is 8.60. The van der Waals surface area contributed by atoms with Crippen LogP contribution in [0.2, 0.25) is 0 Å². The maximum atomic E-state index is 10.7. The number of aromatic carboxylic acids is 1. The van der Waals surface area contributed by atoms with Gasteiger partial charge in [-0.3, -0.25) is 0 Å². The number of rotatable bonds is 4. The van der Waals surface area contributed by atoms with Crippen molar-refractivity contribution in [2.45, 2.75) is 6.92 Å². The highest BCUT2D eigenvalue weighted by Gasteiger charge is 2.10. The van der Waals surface area contributed by atoms with E-state index in [-0.39, 0.29) is 5.76 Å². The largest absolute Gasteiger partial charge is 0.495 e. The molecule has 0 spiro atoms. The van der Waals surface area contributed by atoms with Crippen molar-refractivity contribution in [3.8, 4) is 5.75 Å². The van der Waals surface area contributed by atoms with Gasteiger partial charge in [-0.1, -0.05) is 6.07 Å². The molecule has 0 aliphatic heterocycles. The molecule has 0 atom stereocenters. The summed E-state index contributed by atoms with van der Waals surface area (Å²) in [5.74, 6) is -0.187. The highest BCUT2D eigenvalue weighted by Crippen LogP contribution is 2.29. The lowest BCUT2D eigenvalue weighted by atomic mass is 10.2. The van der Waals surface area contributed by atoms with Crippen molar-refractivity contribution in [3.05, 3.63) is 41.7 Å². The van der Waals surface area contributed by atoms with Crippen molar-refractivity contribution < 1.29 is 19.1 Å². The molecule has 0 unspecified atom stereocenters. The van der Waals surface area contributed by atoms with Crippen LogP contribution in [0.5, 0.6) is 5.75 Å². The van der Waals surface area contributed by atoms with Crippen LogP contribution in [0.25, 0.3) is 0 Å². The highest BCUT2D eigenvalue weighted by atomic mass is 16.5. The maximum Gasteiger partial charge on any atom is 0.371 e. The Morgan fingerprint density at radius 1 is 1.33 bits per heavy atom. The summed E-state index contributed by atoms with van der Waals surface area (Å²) in [6.07, 6.45) is 0. The fourth-order valence-electron chi connectivity index (χ4n) is 1.57. The first kappa shape index (κ1) is 12.0. The standard InChI is InChI=1S/C13H13NO4/c1-8-3-4-10(17-2)9(7-8)14-12-6-5-11(18-12)13(15)16/h3-7,14H,1-2H3,(H,15,16). The Morgan fingerprint density at radius 2 is 2.11 bits per heavy atom. The van der Waals surface area contributed by atoms with Gasteiger partial charge in [-0.2, -0.15) is 0 Å². The molecule has 2 rings (SSSR count). The molecular weight excluding hydrogens is 234 g/mol. The van der Waals surface area contributed by atoms with Crippen LogP contribution in [0, 0.1) is 6.92 Å². The molecule has 5 heteroatoms. The zero-order chi connectivity index (χ0) is 13.1. The molecule has 0 aliphatic carbocycles. The summed E-state index contributed by atoms with van der Waals surface area (Å²) in [7, 11) is 1.57. The zero-order valence-corrected chi connectivity index (χ0v) is 10.1. The monoisotopic (exact) mass is 247 g/mol. The van der Waals surface area contributed by atoms with Gasteiger partial charge in [0.05, 0.1) is 12.8 Å². The van der Waals surface area contributed by atoms with E-state index in [2.05, 4.69) is 5.32 Å². The molecule has 94 valence electrons. The van der Waals surface area contributed by atoms with Crippen molar-refractivity contribution >= 4 is 17.5 Å². The van der Waals surface area contributed by atoms with E-state index < -0.39 is 5.97 Å². The highest BCUT2D eigenvalue weighted by molar-refractivity contribution is 5.85.